The van der Waals surface area contributed by atoms with Crippen molar-refractivity contribution in [2.75, 3.05) is 13.2 Å². The minimum atomic E-state index is -1.36. The van der Waals surface area contributed by atoms with Gasteiger partial charge in [0.2, 0.25) is 0 Å². The molecule has 0 radical (unpaired) electrons. The Morgan fingerprint density at radius 3 is 2.38 bits per heavy atom. The van der Waals surface area contributed by atoms with E-state index >= 15 is 0 Å². The van der Waals surface area contributed by atoms with Crippen LogP contribution in [0.2, 0.25) is 0 Å². The van der Waals surface area contributed by atoms with E-state index in [2.05, 4.69) is 0 Å². The lowest BCUT2D eigenvalue weighted by atomic mass is 9.99. The second-order valence-corrected chi connectivity index (χ2v) is 3.92. The fourth-order valence-corrected chi connectivity index (χ4v) is 1.55. The molecule has 0 bridgehead atoms. The summed E-state index contributed by atoms with van der Waals surface area (Å²) in [4.78, 5) is 0. The van der Waals surface area contributed by atoms with Crippen molar-refractivity contribution in [2.45, 2.75) is 50.5 Å². The molecule has 5 atom stereocenters. The molecular weight excluding hydrogens is 216 g/mol. The monoisotopic (exact) mass is 236 g/mol. The van der Waals surface area contributed by atoms with E-state index in [1.807, 2.05) is 6.92 Å². The molecule has 1 aliphatic rings. The standard InChI is InChI=1S/C10H20O6/c1-2-3-4-15-10-9(14)8(13)7(12)6(5-11)16-10/h6-14H,2-5H2,1H3/t6-,7+,8-,9-,10+/m1/s1. The average molecular weight is 236 g/mol. The molecule has 0 aromatic heterocycles. The molecule has 0 aromatic carbocycles. The van der Waals surface area contributed by atoms with Gasteiger partial charge in [0.05, 0.1) is 6.61 Å². The van der Waals surface area contributed by atoms with E-state index in [0.717, 1.165) is 12.8 Å². The summed E-state index contributed by atoms with van der Waals surface area (Å²) in [5, 5.41) is 37.5. The summed E-state index contributed by atoms with van der Waals surface area (Å²) in [7, 11) is 0. The number of rotatable bonds is 5. The van der Waals surface area contributed by atoms with Crippen LogP contribution < -0.4 is 0 Å². The first kappa shape index (κ1) is 13.8. The van der Waals surface area contributed by atoms with Crippen molar-refractivity contribution in [3.63, 3.8) is 0 Å². The summed E-state index contributed by atoms with van der Waals surface area (Å²) >= 11 is 0. The summed E-state index contributed by atoms with van der Waals surface area (Å²) in [6.45, 7) is 1.97. The summed E-state index contributed by atoms with van der Waals surface area (Å²) in [5.41, 5.74) is 0. The van der Waals surface area contributed by atoms with Gasteiger partial charge >= 0.3 is 0 Å². The van der Waals surface area contributed by atoms with E-state index in [1.165, 1.54) is 0 Å². The van der Waals surface area contributed by atoms with Crippen molar-refractivity contribution in [3.8, 4) is 0 Å². The minimum Gasteiger partial charge on any atom is -0.394 e. The molecule has 96 valence electrons. The molecule has 0 aromatic rings. The lowest BCUT2D eigenvalue weighted by Gasteiger charge is -2.39. The van der Waals surface area contributed by atoms with Crippen molar-refractivity contribution >= 4 is 0 Å². The van der Waals surface area contributed by atoms with Gasteiger partial charge in [0.15, 0.2) is 6.29 Å². The molecule has 1 heterocycles. The topological polar surface area (TPSA) is 99.4 Å². The SMILES string of the molecule is CCCCO[C@H]1O[C@H](CO)[C@H](O)[C@@H](O)[C@H]1O. The number of ether oxygens (including phenoxy) is 2. The summed E-state index contributed by atoms with van der Waals surface area (Å²) in [5.74, 6) is 0. The van der Waals surface area contributed by atoms with Gasteiger partial charge in [-0.05, 0) is 6.42 Å². The minimum absolute atomic E-state index is 0.402. The smallest absolute Gasteiger partial charge is 0.186 e. The molecule has 6 nitrogen and oxygen atoms in total. The average Bonchev–Trinajstić information content (AvgIpc) is 2.29. The molecule has 1 aliphatic heterocycles. The molecule has 0 saturated carbocycles. The largest absolute Gasteiger partial charge is 0.394 e. The van der Waals surface area contributed by atoms with Crippen LogP contribution in [0.3, 0.4) is 0 Å². The number of unbranched alkanes of at least 4 members (excludes halogenated alkanes) is 1. The zero-order valence-corrected chi connectivity index (χ0v) is 9.32. The van der Waals surface area contributed by atoms with Crippen molar-refractivity contribution in [1.29, 1.82) is 0 Å². The molecule has 1 fully saturated rings. The first-order chi connectivity index (χ1) is 7.61. The van der Waals surface area contributed by atoms with Crippen LogP contribution in [0.5, 0.6) is 0 Å². The van der Waals surface area contributed by atoms with E-state index in [-0.39, 0.29) is 0 Å². The normalized spacial score (nSPS) is 39.9. The van der Waals surface area contributed by atoms with Gasteiger partial charge < -0.3 is 29.9 Å². The lowest BCUT2D eigenvalue weighted by Crippen LogP contribution is -2.59. The molecule has 16 heavy (non-hydrogen) atoms. The van der Waals surface area contributed by atoms with E-state index in [9.17, 15) is 15.3 Å². The number of aliphatic hydroxyl groups is 4. The summed E-state index contributed by atoms with van der Waals surface area (Å²) in [6, 6.07) is 0. The maximum Gasteiger partial charge on any atom is 0.186 e. The summed E-state index contributed by atoms with van der Waals surface area (Å²) in [6.07, 6.45) is -4.13. The highest BCUT2D eigenvalue weighted by molar-refractivity contribution is 4.88. The highest BCUT2D eigenvalue weighted by Crippen LogP contribution is 2.21. The maximum absolute atomic E-state index is 9.58. The van der Waals surface area contributed by atoms with Gasteiger partial charge in [-0.15, -0.1) is 0 Å². The Kier molecular flexibility index (Phi) is 5.60. The number of aliphatic hydroxyl groups excluding tert-OH is 4. The second kappa shape index (κ2) is 6.48. The van der Waals surface area contributed by atoms with Crippen LogP contribution in [0.1, 0.15) is 19.8 Å². The van der Waals surface area contributed by atoms with Crippen LogP contribution in [-0.2, 0) is 9.47 Å². The van der Waals surface area contributed by atoms with Gasteiger partial charge in [0.1, 0.15) is 24.4 Å². The van der Waals surface area contributed by atoms with Crippen LogP contribution in [0.4, 0.5) is 0 Å². The Bertz CT molecular complexity index is 198. The fourth-order valence-electron chi connectivity index (χ4n) is 1.55. The van der Waals surface area contributed by atoms with Gasteiger partial charge in [0, 0.05) is 6.61 Å². The Hall–Kier alpha value is -0.240. The van der Waals surface area contributed by atoms with Gasteiger partial charge in [-0.25, -0.2) is 0 Å². The quantitative estimate of drug-likeness (QED) is 0.438. The third-order valence-electron chi connectivity index (χ3n) is 2.63. The van der Waals surface area contributed by atoms with Gasteiger partial charge in [-0.1, -0.05) is 13.3 Å². The van der Waals surface area contributed by atoms with Crippen molar-refractivity contribution in [3.05, 3.63) is 0 Å². The van der Waals surface area contributed by atoms with E-state index in [4.69, 9.17) is 14.6 Å². The Labute approximate surface area is 94.4 Å². The third-order valence-corrected chi connectivity index (χ3v) is 2.63. The van der Waals surface area contributed by atoms with Crippen molar-refractivity contribution < 1.29 is 29.9 Å². The number of hydrogen-bond acceptors (Lipinski definition) is 6. The van der Waals surface area contributed by atoms with Crippen molar-refractivity contribution in [2.24, 2.45) is 0 Å². The van der Waals surface area contributed by atoms with Gasteiger partial charge in [0.25, 0.3) is 0 Å². The maximum atomic E-state index is 9.58. The number of hydrogen-bond donors (Lipinski definition) is 4. The molecular formula is C10H20O6. The second-order valence-electron chi connectivity index (χ2n) is 3.92. The molecule has 0 unspecified atom stereocenters. The van der Waals surface area contributed by atoms with Crippen LogP contribution in [0, 0.1) is 0 Å². The van der Waals surface area contributed by atoms with Gasteiger partial charge in [-0.2, -0.15) is 0 Å². The van der Waals surface area contributed by atoms with E-state index in [0.29, 0.717) is 6.61 Å². The fraction of sp³-hybridized carbons (Fsp3) is 1.00. The predicted octanol–water partition coefficient (Wildman–Crippen LogP) is -1.40. The molecule has 0 spiro atoms. The zero-order chi connectivity index (χ0) is 12.1. The first-order valence-corrected chi connectivity index (χ1v) is 5.54. The lowest BCUT2D eigenvalue weighted by molar-refractivity contribution is -0.301. The molecule has 6 heteroatoms. The van der Waals surface area contributed by atoms with Crippen LogP contribution >= 0.6 is 0 Å². The molecule has 0 amide bonds. The third kappa shape index (κ3) is 3.13. The Balaban J connectivity index is 2.50. The highest BCUT2D eigenvalue weighted by atomic mass is 16.7. The predicted molar refractivity (Wildman–Crippen MR) is 54.6 cm³/mol. The first-order valence-electron chi connectivity index (χ1n) is 5.54. The van der Waals surface area contributed by atoms with Crippen LogP contribution in [0.25, 0.3) is 0 Å². The highest BCUT2D eigenvalue weighted by Gasteiger charge is 2.43. The van der Waals surface area contributed by atoms with Crippen molar-refractivity contribution in [1.82, 2.24) is 0 Å². The molecule has 0 aliphatic carbocycles. The van der Waals surface area contributed by atoms with E-state index in [1.54, 1.807) is 0 Å². The van der Waals surface area contributed by atoms with Crippen LogP contribution in [-0.4, -0.2) is 64.3 Å². The Morgan fingerprint density at radius 1 is 1.12 bits per heavy atom. The molecule has 4 N–H and O–H groups in total. The molecule has 1 saturated heterocycles. The van der Waals surface area contributed by atoms with E-state index < -0.39 is 37.3 Å². The van der Waals surface area contributed by atoms with Crippen LogP contribution in [0.15, 0.2) is 0 Å². The molecule has 1 rings (SSSR count). The zero-order valence-electron chi connectivity index (χ0n) is 9.32. The van der Waals surface area contributed by atoms with Gasteiger partial charge in [-0.3, -0.25) is 0 Å². The summed E-state index contributed by atoms with van der Waals surface area (Å²) < 4.78 is 10.4. The Morgan fingerprint density at radius 2 is 1.81 bits per heavy atom.